The first-order valence-electron chi connectivity index (χ1n) is 7.52. The molecule has 0 unspecified atom stereocenters. The van der Waals surface area contributed by atoms with Gasteiger partial charge in [-0.15, -0.1) is 0 Å². The minimum atomic E-state index is -4.27. The fraction of sp³-hybridized carbons (Fsp3) is 0.111. The van der Waals surface area contributed by atoms with Gasteiger partial charge in [-0.05, 0) is 49.8 Å². The molecular weight excluding hydrogens is 340 g/mol. The molecule has 3 rings (SSSR count). The summed E-state index contributed by atoms with van der Waals surface area (Å²) in [5, 5.41) is 5.46. The van der Waals surface area contributed by atoms with Crippen LogP contribution >= 0.6 is 0 Å². The number of benzene rings is 2. The Hall–Kier alpha value is -2.77. The average Bonchev–Trinajstić information content (AvgIpc) is 2.84. The minimum absolute atomic E-state index is 0.237. The second-order valence-corrected chi connectivity index (χ2v) is 7.16. The Balaban J connectivity index is 1.91. The van der Waals surface area contributed by atoms with E-state index in [2.05, 4.69) is 5.10 Å². The van der Waals surface area contributed by atoms with E-state index in [9.17, 15) is 13.2 Å². The number of amides is 1. The molecule has 25 heavy (non-hydrogen) atoms. The van der Waals surface area contributed by atoms with Crippen LogP contribution in [0.2, 0.25) is 0 Å². The summed E-state index contributed by atoms with van der Waals surface area (Å²) in [5.74, 6) is -0.294. The third kappa shape index (κ3) is 3.52. The molecule has 0 fully saturated rings. The summed E-state index contributed by atoms with van der Waals surface area (Å²) in [6, 6.07) is 13.1. The smallest absolute Gasteiger partial charge is 0.282 e. The van der Waals surface area contributed by atoms with Gasteiger partial charge in [-0.25, -0.2) is 0 Å². The van der Waals surface area contributed by atoms with Crippen molar-refractivity contribution in [2.75, 3.05) is 5.01 Å². The zero-order chi connectivity index (χ0) is 18.2. The summed E-state index contributed by atoms with van der Waals surface area (Å²) in [4.78, 5) is 12.4. The van der Waals surface area contributed by atoms with Crippen LogP contribution in [0.1, 0.15) is 18.1 Å². The van der Waals surface area contributed by atoms with Gasteiger partial charge in [0.25, 0.3) is 16.0 Å². The second kappa shape index (κ2) is 6.27. The van der Waals surface area contributed by atoms with Crippen LogP contribution in [-0.2, 0) is 14.9 Å². The third-order valence-corrected chi connectivity index (χ3v) is 4.70. The maximum absolute atomic E-state index is 12.6. The molecule has 0 saturated carbocycles. The van der Waals surface area contributed by atoms with E-state index < -0.39 is 10.1 Å². The van der Waals surface area contributed by atoms with Crippen LogP contribution in [0.3, 0.4) is 0 Å². The van der Waals surface area contributed by atoms with E-state index in [0.29, 0.717) is 17.0 Å². The molecule has 1 aliphatic heterocycles. The van der Waals surface area contributed by atoms with E-state index in [4.69, 9.17) is 4.55 Å². The van der Waals surface area contributed by atoms with Crippen LogP contribution in [0.5, 0.6) is 0 Å². The number of hydrogen-bond acceptors (Lipinski definition) is 4. The minimum Gasteiger partial charge on any atom is -0.282 e. The van der Waals surface area contributed by atoms with Gasteiger partial charge in [0.1, 0.15) is 0 Å². The molecule has 0 bridgehead atoms. The van der Waals surface area contributed by atoms with Crippen molar-refractivity contribution in [3.05, 3.63) is 65.2 Å². The van der Waals surface area contributed by atoms with Crippen LogP contribution in [0.4, 0.5) is 5.69 Å². The molecule has 6 nitrogen and oxygen atoms in total. The number of hydrazone groups is 1. The van der Waals surface area contributed by atoms with Gasteiger partial charge in [0.05, 0.1) is 21.9 Å². The van der Waals surface area contributed by atoms with Gasteiger partial charge in [-0.3, -0.25) is 9.35 Å². The monoisotopic (exact) mass is 356 g/mol. The molecular formula is C18H16N2O4S. The van der Waals surface area contributed by atoms with E-state index in [1.807, 2.05) is 31.2 Å². The SMILES string of the molecule is CC1=NN(c2ccc(S(=O)(=O)O)cc2)C(=O)/C1=C\c1ccc(C)cc1. The molecule has 0 aliphatic carbocycles. The topological polar surface area (TPSA) is 87.0 Å². The summed E-state index contributed by atoms with van der Waals surface area (Å²) in [6.07, 6.45) is 1.77. The van der Waals surface area contributed by atoms with E-state index in [0.717, 1.165) is 11.1 Å². The lowest BCUT2D eigenvalue weighted by molar-refractivity contribution is -0.114. The van der Waals surface area contributed by atoms with Crippen molar-refractivity contribution in [2.45, 2.75) is 18.7 Å². The highest BCUT2D eigenvalue weighted by atomic mass is 32.2. The van der Waals surface area contributed by atoms with E-state index >= 15 is 0 Å². The Kier molecular flexibility index (Phi) is 4.28. The predicted octanol–water partition coefficient (Wildman–Crippen LogP) is 3.05. The van der Waals surface area contributed by atoms with Gasteiger partial charge in [0.15, 0.2) is 0 Å². The average molecular weight is 356 g/mol. The fourth-order valence-electron chi connectivity index (χ4n) is 2.45. The number of nitrogens with zero attached hydrogens (tertiary/aromatic N) is 2. The van der Waals surface area contributed by atoms with Crippen LogP contribution in [0.15, 0.2) is 64.1 Å². The molecule has 1 amide bonds. The van der Waals surface area contributed by atoms with Gasteiger partial charge < -0.3 is 0 Å². The quantitative estimate of drug-likeness (QED) is 0.676. The summed E-state index contributed by atoms with van der Waals surface area (Å²) < 4.78 is 31.2. The van der Waals surface area contributed by atoms with Crippen molar-refractivity contribution in [1.29, 1.82) is 0 Å². The fourth-order valence-corrected chi connectivity index (χ4v) is 2.93. The van der Waals surface area contributed by atoms with Crippen LogP contribution in [-0.4, -0.2) is 24.6 Å². The van der Waals surface area contributed by atoms with E-state index in [1.165, 1.54) is 29.3 Å². The lowest BCUT2D eigenvalue weighted by Crippen LogP contribution is -2.21. The molecule has 0 saturated heterocycles. The third-order valence-electron chi connectivity index (χ3n) is 3.83. The molecule has 0 aromatic heterocycles. The van der Waals surface area contributed by atoms with Crippen LogP contribution in [0.25, 0.3) is 6.08 Å². The Morgan fingerprint density at radius 1 is 1.00 bits per heavy atom. The standard InChI is InChI=1S/C18H16N2O4S/c1-12-3-5-14(6-4-12)11-17-13(2)19-20(18(17)21)15-7-9-16(10-8-15)25(22,23)24/h3-11H,1-2H3,(H,22,23,24)/b17-11-. The first-order chi connectivity index (χ1) is 11.8. The number of carbonyl (C=O) groups excluding carboxylic acids is 1. The summed E-state index contributed by atoms with van der Waals surface area (Å²) in [7, 11) is -4.27. The Bertz CT molecular complexity index is 988. The van der Waals surface area contributed by atoms with Crippen LogP contribution in [0, 0.1) is 6.92 Å². The van der Waals surface area contributed by atoms with Gasteiger partial charge >= 0.3 is 0 Å². The van der Waals surface area contributed by atoms with Crippen molar-refractivity contribution in [2.24, 2.45) is 5.10 Å². The number of aryl methyl sites for hydroxylation is 1. The molecule has 1 aliphatic rings. The lowest BCUT2D eigenvalue weighted by atomic mass is 10.1. The molecule has 1 N–H and O–H groups in total. The molecule has 2 aromatic carbocycles. The highest BCUT2D eigenvalue weighted by Crippen LogP contribution is 2.26. The summed E-state index contributed by atoms with van der Waals surface area (Å²) in [5.41, 5.74) is 3.49. The molecule has 0 spiro atoms. The molecule has 0 radical (unpaired) electrons. The van der Waals surface area contributed by atoms with Crippen molar-refractivity contribution in [3.8, 4) is 0 Å². The summed E-state index contributed by atoms with van der Waals surface area (Å²) in [6.45, 7) is 3.73. The predicted molar refractivity (Wildman–Crippen MR) is 96.0 cm³/mol. The first kappa shape index (κ1) is 17.1. The number of carbonyl (C=O) groups is 1. The lowest BCUT2D eigenvalue weighted by Gasteiger charge is -2.12. The van der Waals surface area contributed by atoms with Crippen molar-refractivity contribution in [1.82, 2.24) is 0 Å². The van der Waals surface area contributed by atoms with Crippen LogP contribution < -0.4 is 5.01 Å². The molecule has 7 heteroatoms. The Morgan fingerprint density at radius 3 is 2.16 bits per heavy atom. The zero-order valence-corrected chi connectivity index (χ0v) is 14.5. The molecule has 1 heterocycles. The maximum Gasteiger partial charge on any atom is 0.294 e. The molecule has 128 valence electrons. The van der Waals surface area contributed by atoms with Crippen molar-refractivity contribution < 1.29 is 17.8 Å². The second-order valence-electron chi connectivity index (χ2n) is 5.74. The highest BCUT2D eigenvalue weighted by Gasteiger charge is 2.28. The van der Waals surface area contributed by atoms with Gasteiger partial charge in [-0.1, -0.05) is 29.8 Å². The Morgan fingerprint density at radius 2 is 1.60 bits per heavy atom. The van der Waals surface area contributed by atoms with E-state index in [1.54, 1.807) is 13.0 Å². The maximum atomic E-state index is 12.6. The highest BCUT2D eigenvalue weighted by molar-refractivity contribution is 7.85. The van der Waals surface area contributed by atoms with Crippen molar-refractivity contribution >= 4 is 33.5 Å². The first-order valence-corrected chi connectivity index (χ1v) is 8.96. The molecule has 0 atom stereocenters. The van der Waals surface area contributed by atoms with Crippen molar-refractivity contribution in [3.63, 3.8) is 0 Å². The normalized spacial score (nSPS) is 16.4. The molecule has 2 aromatic rings. The zero-order valence-electron chi connectivity index (χ0n) is 13.7. The van der Waals surface area contributed by atoms with E-state index in [-0.39, 0.29) is 10.8 Å². The summed E-state index contributed by atoms with van der Waals surface area (Å²) >= 11 is 0. The largest absolute Gasteiger partial charge is 0.294 e. The number of rotatable bonds is 3. The van der Waals surface area contributed by atoms with Gasteiger partial charge in [0, 0.05) is 0 Å². The van der Waals surface area contributed by atoms with Gasteiger partial charge in [0.2, 0.25) is 0 Å². The number of anilines is 1. The Labute approximate surface area is 145 Å². The number of hydrogen-bond donors (Lipinski definition) is 1. The van der Waals surface area contributed by atoms with Gasteiger partial charge in [-0.2, -0.15) is 18.5 Å².